The van der Waals surface area contributed by atoms with Crippen LogP contribution in [-0.2, 0) is 25.3 Å². The van der Waals surface area contributed by atoms with Crippen LogP contribution in [0.4, 0.5) is 4.79 Å². The van der Waals surface area contributed by atoms with E-state index in [4.69, 9.17) is 13.9 Å². The quantitative estimate of drug-likeness (QED) is 0.195. The summed E-state index contributed by atoms with van der Waals surface area (Å²) >= 11 is 0. The van der Waals surface area contributed by atoms with Crippen LogP contribution in [0.25, 0.3) is 0 Å². The van der Waals surface area contributed by atoms with Crippen molar-refractivity contribution in [2.75, 3.05) is 13.3 Å². The highest BCUT2D eigenvalue weighted by atomic mass is 28.4. The SMILES string of the molecule is C=CCC1(CCCO[Si](CC)(CC)CC)C(=O)OCN1C(=O)OCc1ccccc1. The van der Waals surface area contributed by atoms with Gasteiger partial charge in [-0.1, -0.05) is 57.2 Å². The van der Waals surface area contributed by atoms with E-state index in [1.165, 1.54) is 4.90 Å². The summed E-state index contributed by atoms with van der Waals surface area (Å²) in [5.41, 5.74) is -0.187. The molecule has 1 atom stereocenters. The van der Waals surface area contributed by atoms with Gasteiger partial charge in [0.25, 0.3) is 0 Å². The zero-order chi connectivity index (χ0) is 22.0. The highest BCUT2D eigenvalue weighted by Gasteiger charge is 2.52. The van der Waals surface area contributed by atoms with Gasteiger partial charge in [0.2, 0.25) is 0 Å². The summed E-state index contributed by atoms with van der Waals surface area (Å²) in [5, 5.41) is 0. The maximum absolute atomic E-state index is 12.8. The van der Waals surface area contributed by atoms with Gasteiger partial charge < -0.3 is 13.9 Å². The van der Waals surface area contributed by atoms with E-state index in [2.05, 4.69) is 27.4 Å². The van der Waals surface area contributed by atoms with Gasteiger partial charge in [0, 0.05) is 6.61 Å². The van der Waals surface area contributed by atoms with Crippen LogP contribution in [0.5, 0.6) is 0 Å². The smallest absolute Gasteiger partial charge is 0.413 e. The Labute approximate surface area is 181 Å². The van der Waals surface area contributed by atoms with Crippen LogP contribution in [0.1, 0.15) is 45.6 Å². The van der Waals surface area contributed by atoms with Crippen LogP contribution in [0.15, 0.2) is 43.0 Å². The topological polar surface area (TPSA) is 65.1 Å². The Hall–Kier alpha value is -2.12. The van der Waals surface area contributed by atoms with Gasteiger partial charge in [-0.15, -0.1) is 6.58 Å². The number of cyclic esters (lactones) is 1. The maximum Gasteiger partial charge on any atom is 0.413 e. The molecule has 1 fully saturated rings. The largest absolute Gasteiger partial charge is 0.444 e. The van der Waals surface area contributed by atoms with Crippen molar-refractivity contribution < 1.29 is 23.5 Å². The minimum atomic E-state index is -1.68. The van der Waals surface area contributed by atoms with Crippen LogP contribution in [0, 0.1) is 0 Å². The molecule has 0 saturated carbocycles. The highest BCUT2D eigenvalue weighted by Crippen LogP contribution is 2.34. The predicted molar refractivity (Wildman–Crippen MR) is 119 cm³/mol. The summed E-state index contributed by atoms with van der Waals surface area (Å²) < 4.78 is 17.1. The molecule has 30 heavy (non-hydrogen) atoms. The summed E-state index contributed by atoms with van der Waals surface area (Å²) in [6.07, 6.45) is 2.56. The number of carbonyl (C=O) groups excluding carboxylic acids is 2. The van der Waals surface area contributed by atoms with Gasteiger partial charge in [-0.3, -0.25) is 4.90 Å². The lowest BCUT2D eigenvalue weighted by atomic mass is 9.89. The molecule has 0 spiro atoms. The van der Waals surface area contributed by atoms with Gasteiger partial charge in [-0.2, -0.15) is 0 Å². The van der Waals surface area contributed by atoms with E-state index in [9.17, 15) is 9.59 Å². The van der Waals surface area contributed by atoms with Crippen molar-refractivity contribution >= 4 is 20.4 Å². The van der Waals surface area contributed by atoms with Crippen LogP contribution in [0.2, 0.25) is 18.1 Å². The average Bonchev–Trinajstić information content (AvgIpc) is 3.10. The van der Waals surface area contributed by atoms with E-state index < -0.39 is 25.9 Å². The zero-order valence-electron chi connectivity index (χ0n) is 18.5. The number of rotatable bonds is 12. The van der Waals surface area contributed by atoms with Gasteiger partial charge in [0.1, 0.15) is 6.61 Å². The molecule has 7 heteroatoms. The van der Waals surface area contributed by atoms with Crippen LogP contribution < -0.4 is 0 Å². The van der Waals surface area contributed by atoms with Crippen LogP contribution in [-0.4, -0.2) is 44.2 Å². The predicted octanol–water partition coefficient (Wildman–Crippen LogP) is 5.26. The second kappa shape index (κ2) is 11.3. The third-order valence-corrected chi connectivity index (χ3v) is 10.9. The van der Waals surface area contributed by atoms with Crippen molar-refractivity contribution in [2.24, 2.45) is 0 Å². The molecule has 1 saturated heterocycles. The number of nitrogens with zero attached hydrogens (tertiary/aromatic N) is 1. The van der Waals surface area contributed by atoms with E-state index in [-0.39, 0.29) is 13.3 Å². The molecule has 1 heterocycles. The number of hydrogen-bond donors (Lipinski definition) is 0. The first-order chi connectivity index (χ1) is 14.5. The van der Waals surface area contributed by atoms with Gasteiger partial charge in [0.05, 0.1) is 0 Å². The molecule has 166 valence electrons. The number of carbonyl (C=O) groups is 2. The van der Waals surface area contributed by atoms with E-state index in [1.807, 2.05) is 30.3 Å². The van der Waals surface area contributed by atoms with Crippen LogP contribution in [0.3, 0.4) is 0 Å². The van der Waals surface area contributed by atoms with Gasteiger partial charge in [0.15, 0.2) is 20.6 Å². The van der Waals surface area contributed by atoms with E-state index in [1.54, 1.807) is 6.08 Å². The fourth-order valence-corrected chi connectivity index (χ4v) is 6.69. The van der Waals surface area contributed by atoms with Crippen molar-refractivity contribution in [1.29, 1.82) is 0 Å². The third-order valence-electron chi connectivity index (χ3n) is 6.20. The lowest BCUT2D eigenvalue weighted by Gasteiger charge is -2.33. The molecule has 1 aliphatic rings. The normalized spacial score (nSPS) is 18.9. The number of amides is 1. The van der Waals surface area contributed by atoms with Crippen molar-refractivity contribution in [1.82, 2.24) is 4.90 Å². The first-order valence-electron chi connectivity index (χ1n) is 10.9. The van der Waals surface area contributed by atoms with Gasteiger partial charge >= 0.3 is 12.1 Å². The van der Waals surface area contributed by atoms with Crippen molar-refractivity contribution in [3.8, 4) is 0 Å². The molecular formula is C23H35NO5Si. The number of benzene rings is 1. The molecular weight excluding hydrogens is 398 g/mol. The molecule has 6 nitrogen and oxygen atoms in total. The molecule has 2 rings (SSSR count). The minimum Gasteiger partial charge on any atom is -0.444 e. The fourth-order valence-electron chi connectivity index (χ4n) is 4.00. The Balaban J connectivity index is 2.03. The Morgan fingerprint density at radius 3 is 2.50 bits per heavy atom. The van der Waals surface area contributed by atoms with Crippen LogP contribution >= 0.6 is 0 Å². The summed E-state index contributed by atoms with van der Waals surface area (Å²) in [6.45, 7) is 11.0. The molecule has 1 amide bonds. The lowest BCUT2D eigenvalue weighted by molar-refractivity contribution is -0.143. The Morgan fingerprint density at radius 1 is 1.23 bits per heavy atom. The third kappa shape index (κ3) is 5.52. The molecule has 0 radical (unpaired) electrons. The zero-order valence-corrected chi connectivity index (χ0v) is 19.5. The number of esters is 1. The van der Waals surface area contributed by atoms with Crippen molar-refractivity contribution in [3.05, 3.63) is 48.6 Å². The van der Waals surface area contributed by atoms with Crippen molar-refractivity contribution in [2.45, 2.75) is 70.3 Å². The second-order valence-corrected chi connectivity index (χ2v) is 12.5. The Bertz CT molecular complexity index is 699. The summed E-state index contributed by atoms with van der Waals surface area (Å²) in [4.78, 5) is 26.9. The number of ether oxygens (including phenoxy) is 2. The summed E-state index contributed by atoms with van der Waals surface area (Å²) in [5.74, 6) is -0.399. The fraction of sp³-hybridized carbons (Fsp3) is 0.565. The maximum atomic E-state index is 12.8. The summed E-state index contributed by atoms with van der Waals surface area (Å²) in [6, 6.07) is 12.7. The molecule has 1 aromatic carbocycles. The molecule has 0 aliphatic carbocycles. The van der Waals surface area contributed by atoms with Crippen molar-refractivity contribution in [3.63, 3.8) is 0 Å². The van der Waals surface area contributed by atoms with E-state index >= 15 is 0 Å². The Morgan fingerprint density at radius 2 is 1.90 bits per heavy atom. The molecule has 0 bridgehead atoms. The van der Waals surface area contributed by atoms with E-state index in [0.717, 1.165) is 23.7 Å². The summed E-state index contributed by atoms with van der Waals surface area (Å²) in [7, 11) is -1.68. The molecule has 0 aromatic heterocycles. The molecule has 0 N–H and O–H groups in total. The van der Waals surface area contributed by atoms with Gasteiger partial charge in [-0.25, -0.2) is 9.59 Å². The standard InChI is InChI=1S/C23H35NO5Si/c1-5-15-23(16-12-17-29-30(6-2,7-3)8-4)21(25)28-19-24(23)22(26)27-18-20-13-10-9-11-14-20/h5,9-11,13-14H,1,6-8,12,15-19H2,2-4H3. The Kier molecular flexibility index (Phi) is 9.11. The second-order valence-electron chi connectivity index (χ2n) is 7.75. The number of hydrogen-bond acceptors (Lipinski definition) is 5. The highest BCUT2D eigenvalue weighted by molar-refractivity contribution is 6.73. The van der Waals surface area contributed by atoms with Gasteiger partial charge in [-0.05, 0) is 43.0 Å². The molecule has 1 aromatic rings. The molecule has 1 aliphatic heterocycles. The monoisotopic (exact) mass is 433 g/mol. The lowest BCUT2D eigenvalue weighted by Crippen LogP contribution is -2.51. The average molecular weight is 434 g/mol. The first-order valence-corrected chi connectivity index (χ1v) is 13.4. The van der Waals surface area contributed by atoms with E-state index in [0.29, 0.717) is 25.9 Å². The molecule has 1 unspecified atom stereocenters. The minimum absolute atomic E-state index is 0.0985. The first kappa shape index (κ1) is 24.1.